The number of nitro benzene ring substituents is 1. The van der Waals surface area contributed by atoms with E-state index < -0.39 is 4.92 Å². The van der Waals surface area contributed by atoms with Crippen molar-refractivity contribution in [3.05, 3.63) is 21.7 Å². The Morgan fingerprint density at radius 2 is 1.82 bits per heavy atom. The summed E-state index contributed by atoms with van der Waals surface area (Å²) in [6, 6.07) is 1.35. The molecule has 0 spiro atoms. The average molecular weight is 243 g/mol. The lowest BCUT2D eigenvalue weighted by Gasteiger charge is -2.13. The van der Waals surface area contributed by atoms with Crippen molar-refractivity contribution in [2.45, 2.75) is 6.61 Å². The van der Waals surface area contributed by atoms with E-state index in [0.717, 1.165) is 0 Å². The summed E-state index contributed by atoms with van der Waals surface area (Å²) in [4.78, 5) is 10.3. The Bertz CT molecular complexity index is 431. The van der Waals surface area contributed by atoms with E-state index >= 15 is 0 Å². The van der Waals surface area contributed by atoms with Gasteiger partial charge in [-0.2, -0.15) is 0 Å². The molecule has 0 aromatic heterocycles. The molecule has 7 nitrogen and oxygen atoms in total. The second-order valence-electron chi connectivity index (χ2n) is 3.07. The first kappa shape index (κ1) is 13.0. The van der Waals surface area contributed by atoms with E-state index in [1.165, 1.54) is 27.4 Å². The van der Waals surface area contributed by atoms with Gasteiger partial charge in [0, 0.05) is 5.56 Å². The maximum absolute atomic E-state index is 11.0. The lowest BCUT2D eigenvalue weighted by atomic mass is 10.1. The molecule has 0 atom stereocenters. The molecule has 0 unspecified atom stereocenters. The molecule has 0 bridgehead atoms. The molecule has 0 aliphatic carbocycles. The van der Waals surface area contributed by atoms with Gasteiger partial charge in [0.15, 0.2) is 5.75 Å². The van der Waals surface area contributed by atoms with Crippen molar-refractivity contribution in [2.75, 3.05) is 21.3 Å². The topological polar surface area (TPSA) is 91.1 Å². The lowest BCUT2D eigenvalue weighted by molar-refractivity contribution is -0.386. The molecular formula is C10H13NO6. The van der Waals surface area contributed by atoms with Crippen LogP contribution in [0.3, 0.4) is 0 Å². The molecule has 7 heteroatoms. The van der Waals surface area contributed by atoms with Gasteiger partial charge in [-0.1, -0.05) is 0 Å². The summed E-state index contributed by atoms with van der Waals surface area (Å²) in [5.41, 5.74) is 0.0239. The van der Waals surface area contributed by atoms with E-state index in [9.17, 15) is 10.1 Å². The van der Waals surface area contributed by atoms with Gasteiger partial charge in [0.2, 0.25) is 11.5 Å². The minimum Gasteiger partial charge on any atom is -0.492 e. The Balaban J connectivity index is 3.61. The molecule has 0 amide bonds. The highest BCUT2D eigenvalue weighted by molar-refractivity contribution is 5.67. The number of hydrogen-bond acceptors (Lipinski definition) is 6. The normalized spacial score (nSPS) is 9.88. The van der Waals surface area contributed by atoms with Crippen molar-refractivity contribution in [3.63, 3.8) is 0 Å². The van der Waals surface area contributed by atoms with E-state index in [1.54, 1.807) is 0 Å². The smallest absolute Gasteiger partial charge is 0.356 e. The first-order valence-electron chi connectivity index (χ1n) is 4.67. The van der Waals surface area contributed by atoms with E-state index in [1.807, 2.05) is 0 Å². The molecule has 17 heavy (non-hydrogen) atoms. The molecule has 0 heterocycles. The molecule has 1 aromatic rings. The van der Waals surface area contributed by atoms with Crippen LogP contribution in [-0.2, 0) is 6.61 Å². The second-order valence-corrected chi connectivity index (χ2v) is 3.07. The molecule has 0 saturated carbocycles. The standard InChI is InChI=1S/C10H13NO6/c1-15-7-4-6(5-12)9(16-2)10(17-3)8(7)11(13)14/h4,12H,5H2,1-3H3. The Labute approximate surface area is 97.7 Å². The number of hydrogen-bond donors (Lipinski definition) is 1. The van der Waals surface area contributed by atoms with Crippen molar-refractivity contribution in [1.82, 2.24) is 0 Å². The Morgan fingerprint density at radius 3 is 2.18 bits per heavy atom. The zero-order valence-corrected chi connectivity index (χ0v) is 9.72. The average Bonchev–Trinajstić information content (AvgIpc) is 2.35. The minimum absolute atomic E-state index is 0.0108. The van der Waals surface area contributed by atoms with Gasteiger partial charge in [0.05, 0.1) is 32.9 Å². The van der Waals surface area contributed by atoms with E-state index in [-0.39, 0.29) is 29.5 Å². The van der Waals surface area contributed by atoms with Crippen LogP contribution in [0.15, 0.2) is 6.07 Å². The molecule has 94 valence electrons. The van der Waals surface area contributed by atoms with Gasteiger partial charge in [0.1, 0.15) is 0 Å². The first-order valence-corrected chi connectivity index (χ1v) is 4.67. The summed E-state index contributed by atoms with van der Waals surface area (Å²) in [5.74, 6) is 0.0695. The first-order chi connectivity index (χ1) is 8.10. The maximum Gasteiger partial charge on any atom is 0.356 e. The van der Waals surface area contributed by atoms with Gasteiger partial charge in [0.25, 0.3) is 0 Å². The lowest BCUT2D eigenvalue weighted by Crippen LogP contribution is -2.03. The highest BCUT2D eigenvalue weighted by atomic mass is 16.6. The van der Waals surface area contributed by atoms with Crippen LogP contribution in [0.25, 0.3) is 0 Å². The van der Waals surface area contributed by atoms with Gasteiger partial charge < -0.3 is 19.3 Å². The molecule has 1 rings (SSSR count). The highest BCUT2D eigenvalue weighted by Crippen LogP contribution is 2.46. The summed E-state index contributed by atoms with van der Waals surface area (Å²) in [7, 11) is 3.92. The Hall–Kier alpha value is -2.02. The molecule has 0 fully saturated rings. The monoisotopic (exact) mass is 243 g/mol. The second kappa shape index (κ2) is 5.35. The number of rotatable bonds is 5. The molecule has 0 aliphatic rings. The fourth-order valence-electron chi connectivity index (χ4n) is 1.52. The SMILES string of the molecule is COc1cc(CO)c(OC)c(OC)c1[N+](=O)[O-]. The summed E-state index contributed by atoms with van der Waals surface area (Å²) in [6.07, 6.45) is 0. The number of benzene rings is 1. The van der Waals surface area contributed by atoms with E-state index in [0.29, 0.717) is 5.56 Å². The highest BCUT2D eigenvalue weighted by Gasteiger charge is 2.28. The van der Waals surface area contributed by atoms with Crippen LogP contribution in [0, 0.1) is 10.1 Å². The van der Waals surface area contributed by atoms with E-state index in [4.69, 9.17) is 19.3 Å². The van der Waals surface area contributed by atoms with Crippen molar-refractivity contribution in [2.24, 2.45) is 0 Å². The van der Waals surface area contributed by atoms with Crippen LogP contribution in [0.2, 0.25) is 0 Å². The van der Waals surface area contributed by atoms with Gasteiger partial charge in [-0.05, 0) is 6.07 Å². The quantitative estimate of drug-likeness (QED) is 0.615. The summed E-state index contributed by atoms with van der Waals surface area (Å²) in [6.45, 7) is -0.339. The number of nitrogens with zero attached hydrogens (tertiary/aromatic N) is 1. The van der Waals surface area contributed by atoms with Gasteiger partial charge >= 0.3 is 5.69 Å². The third kappa shape index (κ3) is 2.23. The summed E-state index contributed by atoms with van der Waals surface area (Å²) < 4.78 is 14.9. The van der Waals surface area contributed by atoms with Crippen molar-refractivity contribution >= 4 is 5.69 Å². The van der Waals surface area contributed by atoms with Crippen molar-refractivity contribution in [3.8, 4) is 17.2 Å². The maximum atomic E-state index is 11.0. The molecular weight excluding hydrogens is 230 g/mol. The number of aliphatic hydroxyl groups excluding tert-OH is 1. The van der Waals surface area contributed by atoms with Crippen molar-refractivity contribution < 1.29 is 24.2 Å². The molecule has 1 N–H and O–H groups in total. The third-order valence-electron chi connectivity index (χ3n) is 2.23. The van der Waals surface area contributed by atoms with Crippen LogP contribution >= 0.6 is 0 Å². The van der Waals surface area contributed by atoms with Gasteiger partial charge in [-0.15, -0.1) is 0 Å². The Kier molecular flexibility index (Phi) is 4.11. The van der Waals surface area contributed by atoms with Crippen LogP contribution in [0.4, 0.5) is 5.69 Å². The van der Waals surface area contributed by atoms with Crippen LogP contribution in [0.1, 0.15) is 5.56 Å². The fraction of sp³-hybridized carbons (Fsp3) is 0.400. The summed E-state index contributed by atoms with van der Waals surface area (Å²) >= 11 is 0. The van der Waals surface area contributed by atoms with Crippen LogP contribution in [-0.4, -0.2) is 31.4 Å². The summed E-state index contributed by atoms with van der Waals surface area (Å²) in [5, 5.41) is 20.1. The molecule has 1 aromatic carbocycles. The minimum atomic E-state index is -0.624. The van der Waals surface area contributed by atoms with Crippen molar-refractivity contribution in [1.29, 1.82) is 0 Å². The third-order valence-corrected chi connectivity index (χ3v) is 2.23. The zero-order valence-electron chi connectivity index (χ0n) is 9.72. The zero-order chi connectivity index (χ0) is 13.0. The molecule has 0 radical (unpaired) electrons. The molecule has 0 aliphatic heterocycles. The largest absolute Gasteiger partial charge is 0.492 e. The van der Waals surface area contributed by atoms with Crippen LogP contribution < -0.4 is 14.2 Å². The number of aliphatic hydroxyl groups is 1. The van der Waals surface area contributed by atoms with E-state index in [2.05, 4.69) is 0 Å². The number of nitro groups is 1. The van der Waals surface area contributed by atoms with Gasteiger partial charge in [-0.25, -0.2) is 0 Å². The number of ether oxygens (including phenoxy) is 3. The molecule has 0 saturated heterocycles. The van der Waals surface area contributed by atoms with Crippen LogP contribution in [0.5, 0.6) is 17.2 Å². The van der Waals surface area contributed by atoms with Gasteiger partial charge in [-0.3, -0.25) is 10.1 Å². The predicted octanol–water partition coefficient (Wildman–Crippen LogP) is 1.11. The fourth-order valence-corrected chi connectivity index (χ4v) is 1.52. The number of methoxy groups -OCH3 is 3. The predicted molar refractivity (Wildman–Crippen MR) is 58.7 cm³/mol. The Morgan fingerprint density at radius 1 is 1.24 bits per heavy atom.